The van der Waals surface area contributed by atoms with Crippen LogP contribution in [-0.2, 0) is 18.3 Å². The molecule has 1 aromatic heterocycles. The molecular formula is C18H32N6O. The third kappa shape index (κ3) is 4.20. The molecule has 0 radical (unpaired) electrons. The second-order valence-electron chi connectivity index (χ2n) is 7.83. The SMILES string of the molecule is CCCN1CC2(CCN(C)CC2)CC1C(=O)NCCc1ncnn1C. The number of nitrogens with one attached hydrogen (secondary N) is 1. The maximum absolute atomic E-state index is 12.8. The average molecular weight is 348 g/mol. The summed E-state index contributed by atoms with van der Waals surface area (Å²) in [5.41, 5.74) is 0.341. The van der Waals surface area contributed by atoms with Gasteiger partial charge in [-0.3, -0.25) is 14.4 Å². The number of carbonyl (C=O) groups excluding carboxylic acids is 1. The van der Waals surface area contributed by atoms with Crippen LogP contribution >= 0.6 is 0 Å². The van der Waals surface area contributed by atoms with Crippen molar-refractivity contribution in [1.82, 2.24) is 29.9 Å². The summed E-state index contributed by atoms with van der Waals surface area (Å²) in [5.74, 6) is 1.09. The van der Waals surface area contributed by atoms with Crippen molar-refractivity contribution in [1.29, 1.82) is 0 Å². The Balaban J connectivity index is 1.56. The zero-order valence-electron chi connectivity index (χ0n) is 15.9. The van der Waals surface area contributed by atoms with Crippen LogP contribution in [0, 0.1) is 5.41 Å². The number of carbonyl (C=O) groups is 1. The predicted molar refractivity (Wildman–Crippen MR) is 97.1 cm³/mol. The molecule has 2 aliphatic rings. The van der Waals surface area contributed by atoms with E-state index in [1.165, 1.54) is 12.8 Å². The lowest BCUT2D eigenvalue weighted by Crippen LogP contribution is -2.44. The summed E-state index contributed by atoms with van der Waals surface area (Å²) in [4.78, 5) is 21.9. The van der Waals surface area contributed by atoms with E-state index in [1.54, 1.807) is 11.0 Å². The van der Waals surface area contributed by atoms with Crippen molar-refractivity contribution in [2.45, 2.75) is 45.1 Å². The minimum Gasteiger partial charge on any atom is -0.354 e. The number of piperidine rings is 1. The third-order valence-electron chi connectivity index (χ3n) is 5.92. The summed E-state index contributed by atoms with van der Waals surface area (Å²) < 4.78 is 1.76. The van der Waals surface area contributed by atoms with E-state index in [1.807, 2.05) is 7.05 Å². The molecule has 1 aromatic rings. The molecule has 1 spiro atoms. The molecule has 25 heavy (non-hydrogen) atoms. The summed E-state index contributed by atoms with van der Waals surface area (Å²) in [7, 11) is 4.08. The molecule has 3 rings (SSSR count). The van der Waals surface area contributed by atoms with Crippen molar-refractivity contribution >= 4 is 5.91 Å². The Bertz CT molecular complexity index is 578. The first-order chi connectivity index (χ1) is 12.0. The lowest BCUT2D eigenvalue weighted by Gasteiger charge is -2.37. The molecule has 0 aliphatic carbocycles. The van der Waals surface area contributed by atoms with Crippen LogP contribution in [0.4, 0.5) is 0 Å². The Labute approximate surface area is 150 Å². The van der Waals surface area contributed by atoms with Gasteiger partial charge in [-0.1, -0.05) is 6.92 Å². The van der Waals surface area contributed by atoms with Crippen LogP contribution in [0.25, 0.3) is 0 Å². The van der Waals surface area contributed by atoms with Gasteiger partial charge in [-0.05, 0) is 57.8 Å². The molecular weight excluding hydrogens is 316 g/mol. The number of amides is 1. The molecule has 0 aromatic carbocycles. The predicted octanol–water partition coefficient (Wildman–Crippen LogP) is 0.670. The molecule has 2 fully saturated rings. The lowest BCUT2D eigenvalue weighted by molar-refractivity contribution is -0.125. The highest BCUT2D eigenvalue weighted by Gasteiger charge is 2.47. The molecule has 1 N–H and O–H groups in total. The highest BCUT2D eigenvalue weighted by molar-refractivity contribution is 5.82. The Hall–Kier alpha value is -1.47. The molecule has 1 atom stereocenters. The van der Waals surface area contributed by atoms with Gasteiger partial charge in [-0.15, -0.1) is 0 Å². The Morgan fingerprint density at radius 2 is 2.12 bits per heavy atom. The Morgan fingerprint density at radius 3 is 2.76 bits per heavy atom. The van der Waals surface area contributed by atoms with Crippen LogP contribution in [-0.4, -0.2) is 76.3 Å². The second-order valence-corrected chi connectivity index (χ2v) is 7.83. The van der Waals surface area contributed by atoms with Crippen LogP contribution in [0.3, 0.4) is 0 Å². The molecule has 2 aliphatic heterocycles. The van der Waals surface area contributed by atoms with E-state index < -0.39 is 0 Å². The lowest BCUT2D eigenvalue weighted by atomic mass is 9.76. The minimum absolute atomic E-state index is 0.0304. The number of hydrogen-bond acceptors (Lipinski definition) is 5. The monoisotopic (exact) mass is 348 g/mol. The number of likely N-dealkylation sites (tertiary alicyclic amines) is 2. The fourth-order valence-electron chi connectivity index (χ4n) is 4.34. The first-order valence-corrected chi connectivity index (χ1v) is 9.56. The van der Waals surface area contributed by atoms with Gasteiger partial charge < -0.3 is 10.2 Å². The first-order valence-electron chi connectivity index (χ1n) is 9.56. The van der Waals surface area contributed by atoms with E-state index >= 15 is 0 Å². The Morgan fingerprint density at radius 1 is 1.36 bits per heavy atom. The summed E-state index contributed by atoms with van der Waals surface area (Å²) in [6, 6.07) is 0.0304. The molecule has 3 heterocycles. The van der Waals surface area contributed by atoms with Crippen LogP contribution in [0.15, 0.2) is 6.33 Å². The van der Waals surface area contributed by atoms with E-state index in [-0.39, 0.29) is 11.9 Å². The largest absolute Gasteiger partial charge is 0.354 e. The highest BCUT2D eigenvalue weighted by atomic mass is 16.2. The number of aryl methyl sites for hydroxylation is 1. The zero-order valence-corrected chi connectivity index (χ0v) is 15.9. The van der Waals surface area contributed by atoms with Crippen molar-refractivity contribution < 1.29 is 4.79 Å². The maximum atomic E-state index is 12.8. The molecule has 7 heteroatoms. The van der Waals surface area contributed by atoms with Crippen molar-refractivity contribution in [3.8, 4) is 0 Å². The standard InChI is InChI=1S/C18H32N6O/c1-4-9-24-13-18(6-10-22(2)11-7-18)12-15(24)17(25)19-8-5-16-20-14-21-23(16)3/h14-15H,4-13H2,1-3H3,(H,19,25). The van der Waals surface area contributed by atoms with E-state index in [0.717, 1.165) is 51.3 Å². The third-order valence-corrected chi connectivity index (χ3v) is 5.92. The van der Waals surface area contributed by atoms with Crippen molar-refractivity contribution in [2.24, 2.45) is 12.5 Å². The number of nitrogens with zero attached hydrogens (tertiary/aromatic N) is 5. The van der Waals surface area contributed by atoms with Gasteiger partial charge in [-0.2, -0.15) is 5.10 Å². The summed E-state index contributed by atoms with van der Waals surface area (Å²) in [6.45, 7) is 7.22. The fourth-order valence-corrected chi connectivity index (χ4v) is 4.34. The van der Waals surface area contributed by atoms with Crippen LogP contribution in [0.1, 0.15) is 38.4 Å². The van der Waals surface area contributed by atoms with Gasteiger partial charge in [0.15, 0.2) is 0 Å². The quantitative estimate of drug-likeness (QED) is 0.818. The summed E-state index contributed by atoms with van der Waals surface area (Å²) in [6.07, 6.45) is 6.81. The molecule has 0 bridgehead atoms. The molecule has 0 saturated carbocycles. The van der Waals surface area contributed by atoms with E-state index in [4.69, 9.17) is 0 Å². The summed E-state index contributed by atoms with van der Waals surface area (Å²) >= 11 is 0. The van der Waals surface area contributed by atoms with E-state index in [9.17, 15) is 4.79 Å². The van der Waals surface area contributed by atoms with Crippen molar-refractivity contribution in [3.05, 3.63) is 12.2 Å². The molecule has 2 saturated heterocycles. The van der Waals surface area contributed by atoms with Gasteiger partial charge in [0.1, 0.15) is 12.2 Å². The maximum Gasteiger partial charge on any atom is 0.237 e. The average Bonchev–Trinajstić information content (AvgIpc) is 3.16. The normalized spacial score (nSPS) is 24.0. The fraction of sp³-hybridized carbons (Fsp3) is 0.833. The van der Waals surface area contributed by atoms with Crippen LogP contribution in [0.2, 0.25) is 0 Å². The van der Waals surface area contributed by atoms with Crippen molar-refractivity contribution in [2.75, 3.05) is 39.8 Å². The van der Waals surface area contributed by atoms with Gasteiger partial charge >= 0.3 is 0 Å². The topological polar surface area (TPSA) is 66.3 Å². The molecule has 1 amide bonds. The molecule has 140 valence electrons. The number of hydrogen-bond donors (Lipinski definition) is 1. The Kier molecular flexibility index (Phi) is 5.74. The van der Waals surface area contributed by atoms with E-state index in [0.29, 0.717) is 12.0 Å². The van der Waals surface area contributed by atoms with E-state index in [2.05, 4.69) is 39.2 Å². The van der Waals surface area contributed by atoms with Gasteiger partial charge in [0.2, 0.25) is 5.91 Å². The molecule has 1 unspecified atom stereocenters. The molecule has 7 nitrogen and oxygen atoms in total. The summed E-state index contributed by atoms with van der Waals surface area (Å²) in [5, 5.41) is 7.21. The van der Waals surface area contributed by atoms with Crippen molar-refractivity contribution in [3.63, 3.8) is 0 Å². The van der Waals surface area contributed by atoms with Gasteiger partial charge in [0.05, 0.1) is 6.04 Å². The van der Waals surface area contributed by atoms with Gasteiger partial charge in [-0.25, -0.2) is 4.98 Å². The van der Waals surface area contributed by atoms with Crippen LogP contribution in [0.5, 0.6) is 0 Å². The number of aromatic nitrogens is 3. The smallest absolute Gasteiger partial charge is 0.237 e. The zero-order chi connectivity index (χ0) is 17.9. The number of rotatable bonds is 6. The van der Waals surface area contributed by atoms with Crippen LogP contribution < -0.4 is 5.32 Å². The highest BCUT2D eigenvalue weighted by Crippen LogP contribution is 2.43. The minimum atomic E-state index is 0.0304. The van der Waals surface area contributed by atoms with Gasteiger partial charge in [0.25, 0.3) is 0 Å². The van der Waals surface area contributed by atoms with Gasteiger partial charge in [0, 0.05) is 26.6 Å². The second kappa shape index (κ2) is 7.83. The first kappa shape index (κ1) is 18.3.